The average Bonchev–Trinajstić information content (AvgIpc) is 3.18. The van der Waals surface area contributed by atoms with Gasteiger partial charge in [-0.15, -0.1) is 0 Å². The number of nitrogens with two attached hydrogens (primary N) is 1. The number of likely N-dealkylation sites (tertiary alicyclic amines) is 1. The Bertz CT molecular complexity index is 1100. The van der Waals surface area contributed by atoms with Gasteiger partial charge < -0.3 is 25.8 Å². The van der Waals surface area contributed by atoms with E-state index in [2.05, 4.69) is 5.32 Å². The van der Waals surface area contributed by atoms with Crippen molar-refractivity contribution in [1.82, 2.24) is 10.2 Å². The van der Waals surface area contributed by atoms with Crippen LogP contribution in [0.25, 0.3) is 0 Å². The first kappa shape index (κ1) is 25.9. The number of fused-ring (bicyclic) bond motifs is 2. The molecule has 192 valence electrons. The number of carboxylic acids is 1. The summed E-state index contributed by atoms with van der Waals surface area (Å²) in [5.74, 6) is -1.96. The van der Waals surface area contributed by atoms with Crippen molar-refractivity contribution in [3.63, 3.8) is 0 Å². The number of aliphatic carboxylic acids is 1. The number of carboxylic acid groups (broad SMARTS) is 1. The van der Waals surface area contributed by atoms with E-state index in [1.54, 1.807) is 18.7 Å². The van der Waals surface area contributed by atoms with Crippen LogP contribution in [0.4, 0.5) is 0 Å². The van der Waals surface area contributed by atoms with Crippen molar-refractivity contribution in [2.75, 3.05) is 19.7 Å². The Morgan fingerprint density at radius 2 is 1.75 bits per heavy atom. The van der Waals surface area contributed by atoms with Crippen LogP contribution < -0.4 is 11.1 Å². The number of hydrogen-bond donors (Lipinski definition) is 3. The molecule has 0 saturated carbocycles. The number of carbonyl (C=O) groups excluding carboxylic acids is 2. The summed E-state index contributed by atoms with van der Waals surface area (Å²) in [5.41, 5.74) is 7.52. The van der Waals surface area contributed by atoms with E-state index in [1.165, 1.54) is 0 Å². The molecule has 2 atom stereocenters. The molecule has 0 radical (unpaired) electrons. The number of nitrogens with one attached hydrogen (secondary N) is 1. The maximum Gasteiger partial charge on any atom is 0.311 e. The maximum atomic E-state index is 13.5. The van der Waals surface area contributed by atoms with Crippen LogP contribution in [0, 0.1) is 0 Å². The third kappa shape index (κ3) is 5.44. The summed E-state index contributed by atoms with van der Waals surface area (Å²) in [6.45, 7) is 4.50. The second-order valence-electron chi connectivity index (χ2n) is 10.5. The quantitative estimate of drug-likeness (QED) is 0.520. The van der Waals surface area contributed by atoms with Crippen LogP contribution in [0.3, 0.4) is 0 Å². The lowest BCUT2D eigenvalue weighted by Gasteiger charge is -2.41. The number of benzene rings is 2. The van der Waals surface area contributed by atoms with Gasteiger partial charge in [-0.25, -0.2) is 0 Å². The first-order chi connectivity index (χ1) is 17.1. The van der Waals surface area contributed by atoms with Crippen molar-refractivity contribution in [2.24, 2.45) is 5.73 Å². The lowest BCUT2D eigenvalue weighted by atomic mass is 9.73. The first-order valence-electron chi connectivity index (χ1n) is 12.4. The lowest BCUT2D eigenvalue weighted by molar-refractivity contribution is -0.141. The van der Waals surface area contributed by atoms with Crippen molar-refractivity contribution < 1.29 is 24.2 Å². The van der Waals surface area contributed by atoms with Gasteiger partial charge in [-0.3, -0.25) is 14.4 Å². The minimum Gasteiger partial charge on any atom is -0.481 e. The van der Waals surface area contributed by atoms with Crippen LogP contribution in [0.2, 0.25) is 0 Å². The Kier molecular flexibility index (Phi) is 7.47. The second-order valence-corrected chi connectivity index (χ2v) is 10.5. The van der Waals surface area contributed by atoms with Gasteiger partial charge in [0, 0.05) is 18.5 Å². The van der Waals surface area contributed by atoms with Crippen molar-refractivity contribution in [2.45, 2.75) is 62.6 Å². The van der Waals surface area contributed by atoms with Gasteiger partial charge in [0.25, 0.3) is 0 Å². The number of carbonyl (C=O) groups is 3. The van der Waals surface area contributed by atoms with E-state index < -0.39 is 29.4 Å². The minimum absolute atomic E-state index is 0.0289. The highest BCUT2D eigenvalue weighted by molar-refractivity contribution is 5.91. The normalized spacial score (nSPS) is 19.5. The molecule has 1 saturated heterocycles. The van der Waals surface area contributed by atoms with Crippen molar-refractivity contribution in [3.8, 4) is 0 Å². The summed E-state index contributed by atoms with van der Waals surface area (Å²) >= 11 is 0. The standard InChI is InChI=1S/C28H35N3O5/c1-27(2,29)26(35)30-23(18-36-17-19-8-4-3-5-9-19)24(32)31-14-12-28(13-15-31)16-21(25(33)34)20-10-6-7-11-22(20)28/h3-11,21,23H,12-18,29H2,1-2H3,(H,30,35)(H,33,34)/t21-,23+/m0/s1. The second kappa shape index (κ2) is 10.4. The van der Waals surface area contributed by atoms with Gasteiger partial charge in [0.2, 0.25) is 11.8 Å². The number of hydrogen-bond acceptors (Lipinski definition) is 5. The van der Waals surface area contributed by atoms with Gasteiger partial charge in [-0.05, 0) is 49.8 Å². The monoisotopic (exact) mass is 493 g/mol. The van der Waals surface area contributed by atoms with Gasteiger partial charge >= 0.3 is 5.97 Å². The molecule has 0 aromatic heterocycles. The van der Waals surface area contributed by atoms with Crippen molar-refractivity contribution in [3.05, 3.63) is 71.3 Å². The highest BCUT2D eigenvalue weighted by atomic mass is 16.5. The molecule has 8 nitrogen and oxygen atoms in total. The van der Waals surface area contributed by atoms with E-state index in [1.807, 2.05) is 54.6 Å². The molecule has 1 spiro atoms. The van der Waals surface area contributed by atoms with E-state index in [9.17, 15) is 19.5 Å². The zero-order valence-corrected chi connectivity index (χ0v) is 20.9. The van der Waals surface area contributed by atoms with Gasteiger partial charge in [-0.2, -0.15) is 0 Å². The van der Waals surface area contributed by atoms with Crippen molar-refractivity contribution in [1.29, 1.82) is 0 Å². The van der Waals surface area contributed by atoms with Gasteiger partial charge in [0.15, 0.2) is 0 Å². The van der Waals surface area contributed by atoms with Crippen LogP contribution in [-0.2, 0) is 31.1 Å². The molecule has 2 amide bonds. The third-order valence-corrected chi connectivity index (χ3v) is 7.42. The number of piperidine rings is 1. The molecule has 8 heteroatoms. The molecule has 1 aliphatic heterocycles. The van der Waals surface area contributed by atoms with Crippen LogP contribution in [0.5, 0.6) is 0 Å². The topological polar surface area (TPSA) is 122 Å². The smallest absolute Gasteiger partial charge is 0.311 e. The zero-order chi connectivity index (χ0) is 25.9. The lowest BCUT2D eigenvalue weighted by Crippen LogP contribution is -2.59. The largest absolute Gasteiger partial charge is 0.481 e. The Morgan fingerprint density at radius 3 is 2.39 bits per heavy atom. The Hall–Kier alpha value is -3.23. The first-order valence-corrected chi connectivity index (χ1v) is 12.4. The van der Waals surface area contributed by atoms with Crippen LogP contribution in [0.15, 0.2) is 54.6 Å². The molecule has 1 fully saturated rings. The summed E-state index contributed by atoms with van der Waals surface area (Å²) in [7, 11) is 0. The Labute approximate surface area is 211 Å². The number of nitrogens with zero attached hydrogens (tertiary/aromatic N) is 1. The molecule has 2 aromatic rings. The fraction of sp³-hybridized carbons (Fsp3) is 0.464. The molecular weight excluding hydrogens is 458 g/mol. The predicted molar refractivity (Wildman–Crippen MR) is 135 cm³/mol. The number of ether oxygens (including phenoxy) is 1. The van der Waals surface area contributed by atoms with E-state index in [4.69, 9.17) is 10.5 Å². The highest BCUT2D eigenvalue weighted by Crippen LogP contribution is 2.51. The summed E-state index contributed by atoms with van der Waals surface area (Å²) < 4.78 is 5.82. The maximum absolute atomic E-state index is 13.5. The summed E-state index contributed by atoms with van der Waals surface area (Å²) in [6.07, 6.45) is 1.90. The molecular formula is C28H35N3O5. The number of rotatable bonds is 8. The predicted octanol–water partition coefficient (Wildman–Crippen LogP) is 2.56. The van der Waals surface area contributed by atoms with E-state index in [-0.39, 0.29) is 17.9 Å². The van der Waals surface area contributed by atoms with Crippen molar-refractivity contribution >= 4 is 17.8 Å². The van der Waals surface area contributed by atoms with E-state index >= 15 is 0 Å². The van der Waals surface area contributed by atoms with Gasteiger partial charge in [-0.1, -0.05) is 54.6 Å². The summed E-state index contributed by atoms with van der Waals surface area (Å²) in [4.78, 5) is 39.8. The fourth-order valence-electron chi connectivity index (χ4n) is 5.35. The molecule has 0 unspecified atom stereocenters. The fourth-order valence-corrected chi connectivity index (χ4v) is 5.35. The molecule has 1 aliphatic carbocycles. The van der Waals surface area contributed by atoms with E-state index in [0.29, 0.717) is 39.0 Å². The molecule has 36 heavy (non-hydrogen) atoms. The Morgan fingerprint density at radius 1 is 1.11 bits per heavy atom. The third-order valence-electron chi connectivity index (χ3n) is 7.42. The highest BCUT2D eigenvalue weighted by Gasteiger charge is 2.48. The van der Waals surface area contributed by atoms with E-state index in [0.717, 1.165) is 16.7 Å². The average molecular weight is 494 g/mol. The molecule has 1 heterocycles. The molecule has 2 aromatic carbocycles. The van der Waals surface area contributed by atoms with Crippen LogP contribution in [0.1, 0.15) is 55.7 Å². The zero-order valence-electron chi connectivity index (χ0n) is 20.9. The summed E-state index contributed by atoms with van der Waals surface area (Å²) in [6, 6.07) is 16.5. The molecule has 4 rings (SSSR count). The van der Waals surface area contributed by atoms with Gasteiger partial charge in [0.1, 0.15) is 6.04 Å². The van der Waals surface area contributed by atoms with Crippen LogP contribution >= 0.6 is 0 Å². The molecule has 2 aliphatic rings. The van der Waals surface area contributed by atoms with Crippen LogP contribution in [-0.4, -0.2) is 59.1 Å². The Balaban J connectivity index is 1.44. The number of amides is 2. The molecule has 0 bridgehead atoms. The SMILES string of the molecule is CC(C)(N)C(=O)N[C@H](COCc1ccccc1)C(=O)N1CCC2(CC1)C[C@H](C(=O)O)c1ccccc12. The summed E-state index contributed by atoms with van der Waals surface area (Å²) in [5, 5.41) is 12.6. The molecule has 4 N–H and O–H groups in total. The van der Waals surface area contributed by atoms with Gasteiger partial charge in [0.05, 0.1) is 24.7 Å². The minimum atomic E-state index is -1.14.